The van der Waals surface area contributed by atoms with Crippen LogP contribution in [-0.2, 0) is 17.9 Å². The molecule has 2 heterocycles. The van der Waals surface area contributed by atoms with Crippen molar-refractivity contribution < 1.29 is 9.47 Å². The third-order valence-electron chi connectivity index (χ3n) is 4.66. The molecule has 0 amide bonds. The topological polar surface area (TPSA) is 36.3 Å². The van der Waals surface area contributed by atoms with Crippen molar-refractivity contribution in [1.29, 1.82) is 0 Å². The van der Waals surface area contributed by atoms with E-state index in [0.29, 0.717) is 19.1 Å². The molecule has 4 nitrogen and oxygen atoms in total. The van der Waals surface area contributed by atoms with Gasteiger partial charge >= 0.3 is 0 Å². The van der Waals surface area contributed by atoms with Crippen molar-refractivity contribution in [2.45, 2.75) is 33.9 Å². The lowest BCUT2D eigenvalue weighted by atomic mass is 10.1. The van der Waals surface area contributed by atoms with Gasteiger partial charge in [-0.1, -0.05) is 24.3 Å². The van der Waals surface area contributed by atoms with Crippen molar-refractivity contribution in [3.63, 3.8) is 0 Å². The van der Waals surface area contributed by atoms with Gasteiger partial charge in [0.1, 0.15) is 12.1 Å². The van der Waals surface area contributed by atoms with E-state index in [4.69, 9.17) is 9.47 Å². The third kappa shape index (κ3) is 3.80. The Labute approximate surface area is 155 Å². The Balaban J connectivity index is 0.00000225. The van der Waals surface area contributed by atoms with E-state index in [0.717, 1.165) is 12.1 Å². The number of fused-ring (bicyclic) bond motifs is 1. The minimum Gasteiger partial charge on any atom is -0.471 e. The summed E-state index contributed by atoms with van der Waals surface area (Å²) in [5.41, 5.74) is 5.96. The lowest BCUT2D eigenvalue weighted by molar-refractivity contribution is 0.187. The highest BCUT2D eigenvalue weighted by Crippen LogP contribution is 2.31. The Morgan fingerprint density at radius 3 is 2.56 bits per heavy atom. The number of ether oxygens (including phenoxy) is 2. The van der Waals surface area contributed by atoms with Crippen molar-refractivity contribution in [3.05, 3.63) is 58.9 Å². The van der Waals surface area contributed by atoms with Crippen LogP contribution in [0.2, 0.25) is 0 Å². The fraction of sp³-hybridized carbons (Fsp3) is 0.350. The van der Waals surface area contributed by atoms with Crippen LogP contribution in [0.15, 0.2) is 36.5 Å². The van der Waals surface area contributed by atoms with Gasteiger partial charge in [0.2, 0.25) is 5.88 Å². The van der Waals surface area contributed by atoms with E-state index in [1.165, 1.54) is 27.8 Å². The monoisotopic (exact) mass is 360 g/mol. The highest BCUT2D eigenvalue weighted by atomic mass is 35.5. The summed E-state index contributed by atoms with van der Waals surface area (Å²) in [6, 6.07) is 10.3. The van der Waals surface area contributed by atoms with Crippen LogP contribution in [0.5, 0.6) is 5.88 Å². The molecule has 0 saturated carbocycles. The van der Waals surface area contributed by atoms with Crippen molar-refractivity contribution in [2.24, 2.45) is 0 Å². The number of benzene rings is 1. The summed E-state index contributed by atoms with van der Waals surface area (Å²) < 4.78 is 13.6. The molecule has 0 N–H and O–H groups in total. The fourth-order valence-corrected chi connectivity index (χ4v) is 3.05. The van der Waals surface area contributed by atoms with E-state index in [1.54, 1.807) is 7.11 Å². The molecule has 0 aliphatic heterocycles. The number of aryl methyl sites for hydroxylation is 2. The van der Waals surface area contributed by atoms with Gasteiger partial charge in [0.05, 0.1) is 6.61 Å². The largest absolute Gasteiger partial charge is 0.471 e. The fourth-order valence-electron chi connectivity index (χ4n) is 3.05. The second-order valence-electron chi connectivity index (χ2n) is 6.08. The summed E-state index contributed by atoms with van der Waals surface area (Å²) in [5, 5.41) is 1.19. The average Bonchev–Trinajstić information content (AvgIpc) is 2.84. The first-order chi connectivity index (χ1) is 11.6. The Hall–Kier alpha value is -2.04. The molecule has 0 saturated heterocycles. The zero-order valence-electron chi connectivity index (χ0n) is 15.2. The van der Waals surface area contributed by atoms with E-state index in [2.05, 4.69) is 48.5 Å². The second kappa shape index (κ2) is 8.37. The van der Waals surface area contributed by atoms with Gasteiger partial charge in [-0.3, -0.25) is 0 Å². The SMILES string of the molecule is COCCn1c(C)c(C)c2ccnc(OCc3ccccc3C)c21.Cl. The van der Waals surface area contributed by atoms with Crippen molar-refractivity contribution >= 4 is 23.3 Å². The zero-order chi connectivity index (χ0) is 17.1. The van der Waals surface area contributed by atoms with Crippen LogP contribution in [0.3, 0.4) is 0 Å². The van der Waals surface area contributed by atoms with E-state index in [9.17, 15) is 0 Å². The summed E-state index contributed by atoms with van der Waals surface area (Å²) in [6.45, 7) is 8.35. The number of halogens is 1. The zero-order valence-corrected chi connectivity index (χ0v) is 16.0. The predicted molar refractivity (Wildman–Crippen MR) is 104 cm³/mol. The van der Waals surface area contributed by atoms with E-state index in [1.807, 2.05) is 18.3 Å². The molecule has 0 spiro atoms. The van der Waals surface area contributed by atoms with Crippen LogP contribution in [0.4, 0.5) is 0 Å². The lowest BCUT2D eigenvalue weighted by Gasteiger charge is -2.12. The molecule has 0 bridgehead atoms. The third-order valence-corrected chi connectivity index (χ3v) is 4.66. The number of rotatable bonds is 6. The van der Waals surface area contributed by atoms with Crippen LogP contribution in [-0.4, -0.2) is 23.3 Å². The van der Waals surface area contributed by atoms with Crippen LogP contribution in [0.1, 0.15) is 22.4 Å². The Kier molecular flexibility index (Phi) is 6.45. The van der Waals surface area contributed by atoms with Crippen LogP contribution in [0.25, 0.3) is 10.9 Å². The number of aromatic nitrogens is 2. The molecule has 2 aromatic heterocycles. The number of hydrogen-bond donors (Lipinski definition) is 0. The Bertz CT molecular complexity index is 858. The number of nitrogens with zero attached hydrogens (tertiary/aromatic N) is 2. The molecular weight excluding hydrogens is 336 g/mol. The molecule has 1 aromatic carbocycles. The molecule has 0 unspecified atom stereocenters. The number of methoxy groups -OCH3 is 1. The number of hydrogen-bond acceptors (Lipinski definition) is 3. The molecule has 5 heteroatoms. The minimum atomic E-state index is 0. The summed E-state index contributed by atoms with van der Waals surface area (Å²) in [4.78, 5) is 4.49. The van der Waals surface area contributed by atoms with Crippen molar-refractivity contribution in [3.8, 4) is 5.88 Å². The normalized spacial score (nSPS) is 10.7. The molecule has 0 aliphatic carbocycles. The Morgan fingerprint density at radius 2 is 1.84 bits per heavy atom. The van der Waals surface area contributed by atoms with Crippen LogP contribution >= 0.6 is 12.4 Å². The van der Waals surface area contributed by atoms with E-state index >= 15 is 0 Å². The molecule has 0 radical (unpaired) electrons. The van der Waals surface area contributed by atoms with Gasteiger partial charge in [0.25, 0.3) is 0 Å². The first-order valence-corrected chi connectivity index (χ1v) is 8.24. The summed E-state index contributed by atoms with van der Waals surface area (Å²) >= 11 is 0. The van der Waals surface area contributed by atoms with Gasteiger partial charge in [0.15, 0.2) is 0 Å². The predicted octanol–water partition coefficient (Wildman–Crippen LogP) is 4.61. The molecule has 0 aliphatic rings. The van der Waals surface area contributed by atoms with Gasteiger partial charge in [-0.25, -0.2) is 4.98 Å². The van der Waals surface area contributed by atoms with E-state index < -0.39 is 0 Å². The smallest absolute Gasteiger partial charge is 0.238 e. The first kappa shape index (κ1) is 19.3. The summed E-state index contributed by atoms with van der Waals surface area (Å²) in [7, 11) is 1.72. The standard InChI is InChI=1S/C20H24N2O2.ClH/c1-14-7-5-6-8-17(14)13-24-20-19-18(9-10-21-20)15(2)16(3)22(19)11-12-23-4;/h5-10H,11-13H2,1-4H3;1H. The van der Waals surface area contributed by atoms with Crippen molar-refractivity contribution in [2.75, 3.05) is 13.7 Å². The second-order valence-corrected chi connectivity index (χ2v) is 6.08. The van der Waals surface area contributed by atoms with Crippen molar-refractivity contribution in [1.82, 2.24) is 9.55 Å². The summed E-state index contributed by atoms with van der Waals surface area (Å²) in [5.74, 6) is 0.683. The van der Waals surface area contributed by atoms with Gasteiger partial charge in [-0.05, 0) is 43.5 Å². The highest BCUT2D eigenvalue weighted by Gasteiger charge is 2.16. The molecule has 0 fully saturated rings. The average molecular weight is 361 g/mol. The van der Waals surface area contributed by atoms with Crippen LogP contribution in [0, 0.1) is 20.8 Å². The molecule has 3 aromatic rings. The molecule has 25 heavy (non-hydrogen) atoms. The molecular formula is C20H25ClN2O2. The van der Waals surface area contributed by atoms with Gasteiger partial charge in [-0.2, -0.15) is 0 Å². The maximum atomic E-state index is 6.10. The van der Waals surface area contributed by atoms with E-state index in [-0.39, 0.29) is 12.4 Å². The maximum absolute atomic E-state index is 6.10. The lowest BCUT2D eigenvalue weighted by Crippen LogP contribution is -2.08. The van der Waals surface area contributed by atoms with Gasteiger partial charge in [0, 0.05) is 30.9 Å². The first-order valence-electron chi connectivity index (χ1n) is 8.24. The quantitative estimate of drug-likeness (QED) is 0.644. The molecule has 3 rings (SSSR count). The van der Waals surface area contributed by atoms with Gasteiger partial charge < -0.3 is 14.0 Å². The van der Waals surface area contributed by atoms with Gasteiger partial charge in [-0.15, -0.1) is 12.4 Å². The minimum absolute atomic E-state index is 0. The highest BCUT2D eigenvalue weighted by molar-refractivity contribution is 5.88. The number of pyridine rings is 1. The summed E-state index contributed by atoms with van der Waals surface area (Å²) in [6.07, 6.45) is 1.82. The van der Waals surface area contributed by atoms with Crippen LogP contribution < -0.4 is 4.74 Å². The maximum Gasteiger partial charge on any atom is 0.238 e. The molecule has 134 valence electrons. The molecule has 0 atom stereocenters. The Morgan fingerprint density at radius 1 is 1.08 bits per heavy atom.